The molecule has 0 saturated heterocycles. The van der Waals surface area contributed by atoms with Crippen molar-refractivity contribution in [3.63, 3.8) is 0 Å². The van der Waals surface area contributed by atoms with Crippen LogP contribution in [0.25, 0.3) is 21.7 Å². The van der Waals surface area contributed by atoms with Crippen molar-refractivity contribution in [2.75, 3.05) is 0 Å². The van der Waals surface area contributed by atoms with Gasteiger partial charge in [0.15, 0.2) is 6.20 Å². The Morgan fingerprint density at radius 3 is 2.79 bits per heavy atom. The van der Waals surface area contributed by atoms with Gasteiger partial charge < -0.3 is 0 Å². The van der Waals surface area contributed by atoms with Gasteiger partial charge in [0.1, 0.15) is 0 Å². The number of hydrogen-bond donors (Lipinski definition) is 0. The molecule has 116 valence electrons. The summed E-state index contributed by atoms with van der Waals surface area (Å²) < 4.78 is 1.83. The van der Waals surface area contributed by atoms with Gasteiger partial charge in [0.2, 0.25) is 18.0 Å². The second kappa shape index (κ2) is 7.17. The summed E-state index contributed by atoms with van der Waals surface area (Å²) in [5.74, 6) is 0.0132. The van der Waals surface area contributed by atoms with E-state index in [1.807, 2.05) is 28.8 Å². The summed E-state index contributed by atoms with van der Waals surface area (Å²) in [7, 11) is 0. The van der Waals surface area contributed by atoms with Crippen LogP contribution in [0.4, 0.5) is 5.69 Å². The monoisotopic (exact) mass is 316 g/mol. The molecule has 0 spiro atoms. The Balaban J connectivity index is 1.95. The molecule has 0 saturated carbocycles. The molecule has 0 fully saturated rings. The maximum absolute atomic E-state index is 12.5. The second-order valence-corrected chi connectivity index (χ2v) is 5.12. The smallest absolute Gasteiger partial charge is 0.231 e. The lowest BCUT2D eigenvalue weighted by molar-refractivity contribution is -0.672. The molecule has 0 aliphatic rings. The molecule has 3 aromatic rings. The van der Waals surface area contributed by atoms with Crippen LogP contribution >= 0.6 is 0 Å². The number of rotatable bonds is 5. The Hall–Kier alpha value is -3.50. The number of azide groups is 1. The number of carbonyl (C=O) groups is 1. The number of ketones is 1. The van der Waals surface area contributed by atoms with Crippen LogP contribution in [0.5, 0.6) is 0 Å². The van der Waals surface area contributed by atoms with Gasteiger partial charge in [-0.25, -0.2) is 0 Å². The summed E-state index contributed by atoms with van der Waals surface area (Å²) in [5, 5.41) is 3.61. The molecule has 0 N–H and O–H groups in total. The molecule has 0 aliphatic heterocycles. The van der Waals surface area contributed by atoms with E-state index in [1.165, 1.54) is 0 Å². The summed E-state index contributed by atoms with van der Waals surface area (Å²) in [5.41, 5.74) is 11.4. The van der Waals surface area contributed by atoms with Crippen molar-refractivity contribution in [1.29, 1.82) is 0 Å². The second-order valence-electron chi connectivity index (χ2n) is 5.12. The topological polar surface area (TPSA) is 82.6 Å². The summed E-state index contributed by atoms with van der Waals surface area (Å²) >= 11 is 0. The highest BCUT2D eigenvalue weighted by Gasteiger charge is 2.18. The molecule has 0 amide bonds. The number of nitrogens with zero attached hydrogens (tertiary/aromatic N) is 5. The summed E-state index contributed by atoms with van der Waals surface area (Å²) in [4.78, 5) is 19.4. The third-order valence-electron chi connectivity index (χ3n) is 3.55. The van der Waals surface area contributed by atoms with Gasteiger partial charge in [0.05, 0.1) is 12.4 Å². The standard InChI is InChI=1S/C18H14N5O/c19-22-21-16-8-4-7-15(11-16)17-12-20-9-10-23(17)13-18(24)14-5-2-1-3-6-14/h1-12H,13H2/q+1. The predicted molar refractivity (Wildman–Crippen MR) is 89.4 cm³/mol. The Morgan fingerprint density at radius 2 is 2.00 bits per heavy atom. The van der Waals surface area contributed by atoms with Crippen LogP contribution in [0.1, 0.15) is 10.4 Å². The summed E-state index contributed by atoms with van der Waals surface area (Å²) in [6, 6.07) is 16.3. The van der Waals surface area contributed by atoms with Crippen molar-refractivity contribution in [3.05, 3.63) is 89.2 Å². The summed E-state index contributed by atoms with van der Waals surface area (Å²) in [6.07, 6.45) is 5.09. The number of hydrogen-bond acceptors (Lipinski definition) is 3. The van der Waals surface area contributed by atoms with Crippen molar-refractivity contribution in [1.82, 2.24) is 4.98 Å². The quantitative estimate of drug-likeness (QED) is 0.235. The lowest BCUT2D eigenvalue weighted by Crippen LogP contribution is -2.40. The predicted octanol–water partition coefficient (Wildman–Crippen LogP) is 3.86. The fraction of sp³-hybridized carbons (Fsp3) is 0.0556. The maximum atomic E-state index is 12.5. The maximum Gasteiger partial charge on any atom is 0.231 e. The first-order valence-corrected chi connectivity index (χ1v) is 7.35. The van der Waals surface area contributed by atoms with Gasteiger partial charge >= 0.3 is 0 Å². The van der Waals surface area contributed by atoms with Gasteiger partial charge in [0, 0.05) is 21.7 Å². The Morgan fingerprint density at radius 1 is 1.17 bits per heavy atom. The molecule has 0 bridgehead atoms. The van der Waals surface area contributed by atoms with Crippen LogP contribution < -0.4 is 4.57 Å². The minimum atomic E-state index is 0.0132. The van der Waals surface area contributed by atoms with Crippen molar-refractivity contribution in [3.8, 4) is 11.3 Å². The van der Waals surface area contributed by atoms with Crippen LogP contribution in [0, 0.1) is 0 Å². The van der Waals surface area contributed by atoms with E-state index in [0.29, 0.717) is 11.3 Å². The van der Waals surface area contributed by atoms with Crippen molar-refractivity contribution in [2.24, 2.45) is 5.11 Å². The van der Waals surface area contributed by atoms with E-state index in [9.17, 15) is 4.79 Å². The van der Waals surface area contributed by atoms with E-state index >= 15 is 0 Å². The largest absolute Gasteiger partial charge is 0.287 e. The number of Topliss-reactive ketones (excluding diaryl/α,β-unsaturated/α-hetero) is 1. The average Bonchev–Trinajstić information content (AvgIpc) is 2.63. The zero-order valence-electron chi connectivity index (χ0n) is 12.8. The van der Waals surface area contributed by atoms with E-state index in [-0.39, 0.29) is 12.3 Å². The van der Waals surface area contributed by atoms with E-state index in [4.69, 9.17) is 5.53 Å². The van der Waals surface area contributed by atoms with Crippen LogP contribution in [0.2, 0.25) is 0 Å². The van der Waals surface area contributed by atoms with E-state index in [1.54, 1.807) is 48.9 Å². The van der Waals surface area contributed by atoms with Crippen LogP contribution in [0.15, 0.2) is 78.3 Å². The normalized spacial score (nSPS) is 10.0. The first-order valence-electron chi connectivity index (χ1n) is 7.35. The van der Waals surface area contributed by atoms with E-state index < -0.39 is 0 Å². The molecule has 6 nitrogen and oxygen atoms in total. The SMILES string of the molecule is [N-]=[N+]=Nc1cccc(-c2cncc[n+]2CC(=O)c2ccccc2)c1. The van der Waals surface area contributed by atoms with E-state index in [2.05, 4.69) is 15.0 Å². The molecular formula is C18H14N5O+. The fourth-order valence-corrected chi connectivity index (χ4v) is 2.41. The van der Waals surface area contributed by atoms with E-state index in [0.717, 1.165) is 11.3 Å². The Kier molecular flexibility index (Phi) is 4.60. The lowest BCUT2D eigenvalue weighted by atomic mass is 10.1. The van der Waals surface area contributed by atoms with Crippen LogP contribution in [-0.2, 0) is 6.54 Å². The fourth-order valence-electron chi connectivity index (χ4n) is 2.41. The molecule has 0 radical (unpaired) electrons. The van der Waals surface area contributed by atoms with Gasteiger partial charge in [-0.2, -0.15) is 4.57 Å². The minimum Gasteiger partial charge on any atom is -0.287 e. The highest BCUT2D eigenvalue weighted by atomic mass is 16.1. The Labute approximate surface area is 138 Å². The third-order valence-corrected chi connectivity index (χ3v) is 3.55. The summed E-state index contributed by atoms with van der Waals surface area (Å²) in [6.45, 7) is 0.202. The molecule has 0 aliphatic carbocycles. The zero-order chi connectivity index (χ0) is 16.8. The minimum absolute atomic E-state index is 0.0132. The molecule has 1 aromatic heterocycles. The number of carbonyl (C=O) groups excluding carboxylic acids is 1. The first-order chi connectivity index (χ1) is 11.8. The van der Waals surface area contributed by atoms with Gasteiger partial charge in [-0.05, 0) is 17.7 Å². The molecular weight excluding hydrogens is 302 g/mol. The molecule has 6 heteroatoms. The third kappa shape index (κ3) is 3.45. The van der Waals surface area contributed by atoms with Gasteiger partial charge in [0.25, 0.3) is 0 Å². The molecule has 0 unspecified atom stereocenters. The number of aromatic nitrogens is 2. The van der Waals surface area contributed by atoms with Gasteiger partial charge in [-0.1, -0.05) is 47.6 Å². The molecule has 2 aromatic carbocycles. The van der Waals surface area contributed by atoms with Crippen molar-refractivity contribution >= 4 is 11.5 Å². The van der Waals surface area contributed by atoms with Crippen LogP contribution in [0.3, 0.4) is 0 Å². The molecule has 0 atom stereocenters. The van der Waals surface area contributed by atoms with Crippen molar-refractivity contribution < 1.29 is 9.36 Å². The highest BCUT2D eigenvalue weighted by molar-refractivity contribution is 5.95. The van der Waals surface area contributed by atoms with Gasteiger partial charge in [-0.15, -0.1) is 0 Å². The average molecular weight is 316 g/mol. The molecule has 1 heterocycles. The molecule has 24 heavy (non-hydrogen) atoms. The Bertz CT molecular complexity index is 917. The zero-order valence-corrected chi connectivity index (χ0v) is 12.8. The lowest BCUT2D eigenvalue weighted by Gasteiger charge is -2.04. The van der Waals surface area contributed by atoms with Crippen molar-refractivity contribution in [2.45, 2.75) is 6.54 Å². The van der Waals surface area contributed by atoms with Crippen LogP contribution in [-0.4, -0.2) is 10.8 Å². The van der Waals surface area contributed by atoms with Gasteiger partial charge in [-0.3, -0.25) is 9.78 Å². The number of benzene rings is 2. The molecule has 3 rings (SSSR count). The highest BCUT2D eigenvalue weighted by Crippen LogP contribution is 2.21. The first kappa shape index (κ1) is 15.4.